The van der Waals surface area contributed by atoms with E-state index in [1.165, 1.54) is 11.1 Å². The first-order valence-corrected chi connectivity index (χ1v) is 9.25. The first-order valence-electron chi connectivity index (χ1n) is 9.25. The van der Waals surface area contributed by atoms with E-state index in [-0.39, 0.29) is 5.41 Å². The highest BCUT2D eigenvalue weighted by Crippen LogP contribution is 2.35. The first kappa shape index (κ1) is 19.3. The summed E-state index contributed by atoms with van der Waals surface area (Å²) in [7, 11) is 1.80. The number of methoxy groups -OCH3 is 1. The molecule has 3 heteroatoms. The summed E-state index contributed by atoms with van der Waals surface area (Å²) < 4.78 is 11.6. The minimum Gasteiger partial charge on any atom is -0.496 e. The molecule has 0 saturated carbocycles. The molecule has 1 saturated heterocycles. The van der Waals surface area contributed by atoms with E-state index in [0.29, 0.717) is 18.1 Å². The molecule has 1 aromatic carbocycles. The molecule has 0 amide bonds. The highest BCUT2D eigenvalue weighted by molar-refractivity contribution is 5.45. The van der Waals surface area contributed by atoms with Crippen LogP contribution in [0, 0.1) is 5.92 Å². The first-order chi connectivity index (χ1) is 11.2. The van der Waals surface area contributed by atoms with Gasteiger partial charge in [-0.15, -0.1) is 0 Å². The van der Waals surface area contributed by atoms with Gasteiger partial charge in [0, 0.05) is 19.6 Å². The highest BCUT2D eigenvalue weighted by atomic mass is 16.5. The summed E-state index contributed by atoms with van der Waals surface area (Å²) >= 11 is 0. The second kappa shape index (κ2) is 7.88. The summed E-state index contributed by atoms with van der Waals surface area (Å²) in [5.74, 6) is 1.66. The zero-order chi connectivity index (χ0) is 17.9. The maximum absolute atomic E-state index is 5.84. The highest BCUT2D eigenvalue weighted by Gasteiger charge is 2.25. The van der Waals surface area contributed by atoms with Crippen LogP contribution in [0.4, 0.5) is 0 Å². The van der Waals surface area contributed by atoms with E-state index in [1.54, 1.807) is 7.11 Å². The van der Waals surface area contributed by atoms with Crippen LogP contribution in [0.5, 0.6) is 5.75 Å². The Morgan fingerprint density at radius 2 is 1.83 bits per heavy atom. The average Bonchev–Trinajstić information content (AvgIpc) is 2.44. The van der Waals surface area contributed by atoms with Gasteiger partial charge in [0.25, 0.3) is 0 Å². The normalized spacial score (nSPS) is 24.0. The molecule has 0 N–H and O–H groups in total. The van der Waals surface area contributed by atoms with Crippen LogP contribution in [-0.2, 0) is 16.6 Å². The zero-order valence-electron chi connectivity index (χ0n) is 16.6. The van der Waals surface area contributed by atoms with Gasteiger partial charge in [-0.05, 0) is 42.7 Å². The van der Waals surface area contributed by atoms with Gasteiger partial charge in [-0.3, -0.25) is 4.90 Å². The fraction of sp³-hybridized carbons (Fsp3) is 0.714. The second-order valence-corrected chi connectivity index (χ2v) is 8.53. The quantitative estimate of drug-likeness (QED) is 0.803. The summed E-state index contributed by atoms with van der Waals surface area (Å²) in [5, 5.41) is 0. The Kier molecular flexibility index (Phi) is 6.33. The summed E-state index contributed by atoms with van der Waals surface area (Å²) in [6, 6.07) is 6.58. The molecule has 1 aliphatic rings. The van der Waals surface area contributed by atoms with Crippen LogP contribution in [0.2, 0.25) is 0 Å². The molecular weight excluding hydrogens is 298 g/mol. The Hall–Kier alpha value is -1.06. The van der Waals surface area contributed by atoms with Crippen molar-refractivity contribution in [3.63, 3.8) is 0 Å². The fourth-order valence-electron chi connectivity index (χ4n) is 3.89. The van der Waals surface area contributed by atoms with E-state index in [1.807, 2.05) is 0 Å². The molecule has 0 aromatic heterocycles. The molecule has 1 heterocycles. The number of hydrogen-bond donors (Lipinski definition) is 0. The SMILES string of the molecule is COc1c(CC(C)CN2C[C@@H](C)O[C@@H](C)C2)cccc1C(C)(C)C. The van der Waals surface area contributed by atoms with Gasteiger partial charge >= 0.3 is 0 Å². The van der Waals surface area contributed by atoms with Gasteiger partial charge < -0.3 is 9.47 Å². The summed E-state index contributed by atoms with van der Waals surface area (Å²) in [4.78, 5) is 2.55. The second-order valence-electron chi connectivity index (χ2n) is 8.53. The van der Waals surface area contributed by atoms with E-state index in [2.05, 4.69) is 64.6 Å². The smallest absolute Gasteiger partial charge is 0.125 e. The minimum absolute atomic E-state index is 0.0969. The van der Waals surface area contributed by atoms with Gasteiger partial charge in [0.15, 0.2) is 0 Å². The number of ether oxygens (including phenoxy) is 2. The molecule has 2 rings (SSSR count). The standard InChI is InChI=1S/C21H35NO2/c1-15(12-22-13-16(2)24-17(3)14-22)11-18-9-8-10-19(20(18)23-7)21(4,5)6/h8-10,15-17H,11-14H2,1-7H3/t15?,16-,17+. The molecule has 0 bridgehead atoms. The van der Waals surface area contributed by atoms with Crippen molar-refractivity contribution >= 4 is 0 Å². The third-order valence-electron chi connectivity index (χ3n) is 4.74. The van der Waals surface area contributed by atoms with Crippen LogP contribution in [0.15, 0.2) is 18.2 Å². The van der Waals surface area contributed by atoms with Crippen LogP contribution in [0.1, 0.15) is 52.7 Å². The lowest BCUT2D eigenvalue weighted by atomic mass is 9.84. The Labute approximate surface area is 148 Å². The van der Waals surface area contributed by atoms with Crippen LogP contribution < -0.4 is 4.74 Å². The van der Waals surface area contributed by atoms with Gasteiger partial charge in [-0.2, -0.15) is 0 Å². The zero-order valence-corrected chi connectivity index (χ0v) is 16.6. The number of benzene rings is 1. The van der Waals surface area contributed by atoms with Gasteiger partial charge in [0.1, 0.15) is 5.75 Å². The molecule has 3 nitrogen and oxygen atoms in total. The molecule has 1 fully saturated rings. The maximum Gasteiger partial charge on any atom is 0.125 e. The van der Waals surface area contributed by atoms with Crippen molar-refractivity contribution in [2.45, 2.75) is 65.6 Å². The lowest BCUT2D eigenvalue weighted by Crippen LogP contribution is -2.47. The van der Waals surface area contributed by atoms with E-state index in [4.69, 9.17) is 9.47 Å². The van der Waals surface area contributed by atoms with E-state index in [9.17, 15) is 0 Å². The predicted molar refractivity (Wildman–Crippen MR) is 101 cm³/mol. The summed E-state index contributed by atoms with van der Waals surface area (Å²) in [6.45, 7) is 16.6. The van der Waals surface area contributed by atoms with Crippen LogP contribution >= 0.6 is 0 Å². The van der Waals surface area contributed by atoms with E-state index in [0.717, 1.165) is 31.8 Å². The summed E-state index contributed by atoms with van der Waals surface area (Å²) in [5.41, 5.74) is 2.72. The predicted octanol–water partition coefficient (Wildman–Crippen LogP) is 4.28. The van der Waals surface area contributed by atoms with Crippen LogP contribution in [0.3, 0.4) is 0 Å². The van der Waals surface area contributed by atoms with Crippen molar-refractivity contribution in [2.24, 2.45) is 5.92 Å². The third kappa shape index (κ3) is 4.97. The number of para-hydroxylation sites is 1. The van der Waals surface area contributed by atoms with Gasteiger partial charge in [-0.1, -0.05) is 45.9 Å². The molecule has 0 radical (unpaired) electrons. The Bertz CT molecular complexity index is 525. The van der Waals surface area contributed by atoms with Crippen molar-refractivity contribution in [3.05, 3.63) is 29.3 Å². The molecule has 1 aromatic rings. The Balaban J connectivity index is 2.07. The van der Waals surface area contributed by atoms with Crippen molar-refractivity contribution < 1.29 is 9.47 Å². The van der Waals surface area contributed by atoms with Gasteiger partial charge in [0.2, 0.25) is 0 Å². The fourth-order valence-corrected chi connectivity index (χ4v) is 3.89. The summed E-state index contributed by atoms with van der Waals surface area (Å²) in [6.07, 6.45) is 1.71. The van der Waals surface area contributed by atoms with Crippen molar-refractivity contribution in [1.82, 2.24) is 4.90 Å². The average molecular weight is 334 g/mol. The third-order valence-corrected chi connectivity index (χ3v) is 4.74. The lowest BCUT2D eigenvalue weighted by molar-refractivity contribution is -0.0709. The monoisotopic (exact) mass is 333 g/mol. The van der Waals surface area contributed by atoms with Crippen LogP contribution in [-0.4, -0.2) is 43.9 Å². The number of rotatable bonds is 5. The van der Waals surface area contributed by atoms with Crippen molar-refractivity contribution in [3.8, 4) is 5.75 Å². The van der Waals surface area contributed by atoms with Crippen molar-refractivity contribution in [1.29, 1.82) is 0 Å². The van der Waals surface area contributed by atoms with Gasteiger partial charge in [0.05, 0.1) is 19.3 Å². The van der Waals surface area contributed by atoms with Crippen LogP contribution in [0.25, 0.3) is 0 Å². The Morgan fingerprint density at radius 3 is 2.38 bits per heavy atom. The number of nitrogens with zero attached hydrogens (tertiary/aromatic N) is 1. The molecule has 1 aliphatic heterocycles. The minimum atomic E-state index is 0.0969. The molecule has 3 atom stereocenters. The Morgan fingerprint density at radius 1 is 1.21 bits per heavy atom. The lowest BCUT2D eigenvalue weighted by Gasteiger charge is -2.36. The largest absolute Gasteiger partial charge is 0.496 e. The molecule has 136 valence electrons. The van der Waals surface area contributed by atoms with Crippen molar-refractivity contribution in [2.75, 3.05) is 26.7 Å². The van der Waals surface area contributed by atoms with E-state index >= 15 is 0 Å². The maximum atomic E-state index is 5.84. The molecule has 0 spiro atoms. The molecule has 0 aliphatic carbocycles. The topological polar surface area (TPSA) is 21.7 Å². The number of morpholine rings is 1. The number of hydrogen-bond acceptors (Lipinski definition) is 3. The van der Waals surface area contributed by atoms with E-state index < -0.39 is 0 Å². The molecular formula is C21H35NO2. The molecule has 24 heavy (non-hydrogen) atoms. The molecule has 1 unspecified atom stereocenters. The van der Waals surface area contributed by atoms with Gasteiger partial charge in [-0.25, -0.2) is 0 Å².